The van der Waals surface area contributed by atoms with E-state index < -0.39 is 29.4 Å². The molecule has 30 heavy (non-hydrogen) atoms. The van der Waals surface area contributed by atoms with Crippen molar-refractivity contribution in [2.24, 2.45) is 28.6 Å². The topological polar surface area (TPSA) is 93.2 Å². The van der Waals surface area contributed by atoms with Crippen LogP contribution in [0.15, 0.2) is 23.8 Å². The second-order valence-electron chi connectivity index (χ2n) is 10.5. The SMILES string of the molecule is CC(=O)OCC(=O)[C@@]1(O)[C@H](C)CC2C3CCC4=CC(=O)C=C[C@]4(C)[C@@]34O[C@@H]4C[C@@]21C. The number of ketones is 2. The van der Waals surface area contributed by atoms with Gasteiger partial charge in [-0.2, -0.15) is 0 Å². The molecular formula is C24H30O6. The summed E-state index contributed by atoms with van der Waals surface area (Å²) in [7, 11) is 0. The van der Waals surface area contributed by atoms with Crippen molar-refractivity contribution >= 4 is 17.5 Å². The molecule has 3 saturated carbocycles. The molecule has 4 aliphatic carbocycles. The van der Waals surface area contributed by atoms with E-state index in [0.717, 1.165) is 24.8 Å². The van der Waals surface area contributed by atoms with Crippen molar-refractivity contribution in [2.75, 3.05) is 6.61 Å². The Morgan fingerprint density at radius 1 is 1.30 bits per heavy atom. The third kappa shape index (κ3) is 2.14. The minimum atomic E-state index is -1.54. The van der Waals surface area contributed by atoms with Crippen molar-refractivity contribution in [2.45, 2.75) is 70.7 Å². The number of carbonyl (C=O) groups excluding carboxylic acids is 3. The van der Waals surface area contributed by atoms with Crippen molar-refractivity contribution in [3.8, 4) is 0 Å². The number of rotatable bonds is 3. The van der Waals surface area contributed by atoms with Crippen LogP contribution in [0.5, 0.6) is 0 Å². The Morgan fingerprint density at radius 2 is 2.03 bits per heavy atom. The van der Waals surface area contributed by atoms with E-state index in [-0.39, 0.29) is 40.7 Å². The molecule has 0 aromatic carbocycles. The minimum Gasteiger partial charge on any atom is -0.458 e. The molecule has 1 spiro atoms. The largest absolute Gasteiger partial charge is 0.458 e. The van der Waals surface area contributed by atoms with E-state index in [0.29, 0.717) is 6.42 Å². The first-order valence-electron chi connectivity index (χ1n) is 11.0. The molecule has 0 aromatic rings. The van der Waals surface area contributed by atoms with Gasteiger partial charge in [-0.15, -0.1) is 0 Å². The third-order valence-electron chi connectivity index (χ3n) is 9.35. The number of epoxide rings is 1. The molecule has 162 valence electrons. The molecule has 8 atom stereocenters. The molecule has 1 saturated heterocycles. The van der Waals surface area contributed by atoms with E-state index in [1.165, 1.54) is 6.92 Å². The van der Waals surface area contributed by atoms with Gasteiger partial charge in [-0.25, -0.2) is 0 Å². The lowest BCUT2D eigenvalue weighted by Crippen LogP contribution is -2.62. The first kappa shape index (κ1) is 20.1. The quantitative estimate of drug-likeness (QED) is 0.564. The minimum absolute atomic E-state index is 0.0371. The van der Waals surface area contributed by atoms with Crippen LogP contribution in [0, 0.1) is 28.6 Å². The Hall–Kier alpha value is -1.79. The molecule has 0 amide bonds. The third-order valence-corrected chi connectivity index (χ3v) is 9.35. The fourth-order valence-corrected chi connectivity index (χ4v) is 7.85. The Kier molecular flexibility index (Phi) is 3.97. The summed E-state index contributed by atoms with van der Waals surface area (Å²) >= 11 is 0. The molecule has 2 unspecified atom stereocenters. The van der Waals surface area contributed by atoms with Gasteiger partial charge in [-0.05, 0) is 62.5 Å². The number of aliphatic hydroxyl groups is 1. The van der Waals surface area contributed by atoms with Gasteiger partial charge >= 0.3 is 5.97 Å². The predicted octanol–water partition coefficient (Wildman–Crippen LogP) is 2.53. The van der Waals surface area contributed by atoms with Crippen LogP contribution in [-0.2, 0) is 23.9 Å². The molecule has 4 fully saturated rings. The molecule has 0 bridgehead atoms. The average Bonchev–Trinajstić information content (AvgIpc) is 3.36. The lowest BCUT2D eigenvalue weighted by molar-refractivity contribution is -0.170. The number of hydrogen-bond acceptors (Lipinski definition) is 6. The molecule has 5 rings (SSSR count). The molecule has 1 N–H and O–H groups in total. The Balaban J connectivity index is 1.52. The van der Waals surface area contributed by atoms with Crippen LogP contribution in [0.25, 0.3) is 0 Å². The van der Waals surface area contributed by atoms with Gasteiger partial charge in [0.15, 0.2) is 12.4 Å². The lowest BCUT2D eigenvalue weighted by atomic mass is 9.46. The zero-order chi connectivity index (χ0) is 21.7. The zero-order valence-corrected chi connectivity index (χ0v) is 18.1. The van der Waals surface area contributed by atoms with Crippen LogP contribution in [-0.4, -0.2) is 46.6 Å². The summed E-state index contributed by atoms with van der Waals surface area (Å²) in [5.74, 6) is -0.783. The Bertz CT molecular complexity index is 919. The van der Waals surface area contributed by atoms with Crippen LogP contribution in [0.2, 0.25) is 0 Å². The molecule has 6 heteroatoms. The monoisotopic (exact) mass is 414 g/mol. The van der Waals surface area contributed by atoms with E-state index in [4.69, 9.17) is 9.47 Å². The molecule has 0 aromatic heterocycles. The van der Waals surface area contributed by atoms with E-state index in [2.05, 4.69) is 6.92 Å². The maximum absolute atomic E-state index is 13.1. The molecule has 6 nitrogen and oxygen atoms in total. The summed E-state index contributed by atoms with van der Waals surface area (Å²) < 4.78 is 11.4. The highest BCUT2D eigenvalue weighted by Gasteiger charge is 2.81. The molecule has 5 aliphatic rings. The fourth-order valence-electron chi connectivity index (χ4n) is 7.85. The number of esters is 1. The standard InChI is InChI=1S/C24H30O6/c1-13-9-18-17-6-5-15-10-16(26)7-8-21(15,3)24(17)20(30-24)11-22(18,4)23(13,28)19(27)12-29-14(2)25/h7-8,10,13,17-18,20,28H,5-6,9,11-12H2,1-4H3/t13-,17?,18?,20-,21+,22+,23+,24-/m1/s1. The highest BCUT2D eigenvalue weighted by Crippen LogP contribution is 2.76. The Labute approximate surface area is 176 Å². The van der Waals surface area contributed by atoms with Gasteiger partial charge in [-0.1, -0.05) is 25.5 Å². The molecular weight excluding hydrogens is 384 g/mol. The number of hydrogen-bond donors (Lipinski definition) is 1. The van der Waals surface area contributed by atoms with Gasteiger partial charge in [0.05, 0.1) is 6.10 Å². The maximum atomic E-state index is 13.1. The summed E-state index contributed by atoms with van der Waals surface area (Å²) in [6.45, 7) is 7.00. The first-order chi connectivity index (χ1) is 14.0. The van der Waals surface area contributed by atoms with Crippen LogP contribution in [0.3, 0.4) is 0 Å². The average molecular weight is 414 g/mol. The van der Waals surface area contributed by atoms with Crippen LogP contribution >= 0.6 is 0 Å². The van der Waals surface area contributed by atoms with Gasteiger partial charge in [-0.3, -0.25) is 14.4 Å². The van der Waals surface area contributed by atoms with E-state index >= 15 is 0 Å². The van der Waals surface area contributed by atoms with E-state index in [1.54, 1.807) is 12.2 Å². The summed E-state index contributed by atoms with van der Waals surface area (Å²) in [6, 6.07) is 0. The van der Waals surface area contributed by atoms with Crippen molar-refractivity contribution in [3.05, 3.63) is 23.8 Å². The summed E-state index contributed by atoms with van der Waals surface area (Å²) in [5, 5.41) is 11.8. The molecule has 1 heterocycles. The number of ether oxygens (including phenoxy) is 2. The highest BCUT2D eigenvalue weighted by atomic mass is 16.6. The number of carbonyl (C=O) groups is 3. The normalized spacial score (nSPS) is 50.6. The van der Waals surface area contributed by atoms with Gasteiger partial charge in [0.2, 0.25) is 5.78 Å². The predicted molar refractivity (Wildman–Crippen MR) is 107 cm³/mol. The van der Waals surface area contributed by atoms with Crippen LogP contribution in [0.1, 0.15) is 53.4 Å². The summed E-state index contributed by atoms with van der Waals surface area (Å²) in [5.41, 5.74) is -1.71. The van der Waals surface area contributed by atoms with Crippen molar-refractivity contribution in [3.63, 3.8) is 0 Å². The first-order valence-corrected chi connectivity index (χ1v) is 11.0. The number of allylic oxidation sites excluding steroid dienone is 2. The lowest BCUT2D eigenvalue weighted by Gasteiger charge is -2.55. The highest BCUT2D eigenvalue weighted by molar-refractivity contribution is 6.01. The maximum Gasteiger partial charge on any atom is 0.303 e. The van der Waals surface area contributed by atoms with Gasteiger partial charge in [0, 0.05) is 17.8 Å². The second-order valence-corrected chi connectivity index (χ2v) is 10.5. The summed E-state index contributed by atoms with van der Waals surface area (Å²) in [6.07, 6.45) is 8.43. The van der Waals surface area contributed by atoms with Crippen molar-refractivity contribution in [1.29, 1.82) is 0 Å². The van der Waals surface area contributed by atoms with Crippen molar-refractivity contribution < 1.29 is 29.0 Å². The summed E-state index contributed by atoms with van der Waals surface area (Å²) in [4.78, 5) is 36.3. The van der Waals surface area contributed by atoms with Crippen LogP contribution in [0.4, 0.5) is 0 Å². The molecule has 0 radical (unpaired) electrons. The number of Topliss-reactive ketones (excluding diaryl/α,β-unsaturated/α-hetero) is 1. The van der Waals surface area contributed by atoms with Gasteiger partial charge in [0.1, 0.15) is 11.2 Å². The van der Waals surface area contributed by atoms with E-state index in [9.17, 15) is 19.5 Å². The van der Waals surface area contributed by atoms with Gasteiger partial charge in [0.25, 0.3) is 0 Å². The second kappa shape index (κ2) is 5.92. The zero-order valence-electron chi connectivity index (χ0n) is 18.1. The number of fused-ring (bicyclic) bond motifs is 3. The fraction of sp³-hybridized carbons (Fsp3) is 0.708. The van der Waals surface area contributed by atoms with Gasteiger partial charge < -0.3 is 14.6 Å². The van der Waals surface area contributed by atoms with E-state index in [1.807, 2.05) is 19.9 Å². The van der Waals surface area contributed by atoms with Crippen LogP contribution < -0.4 is 0 Å². The Morgan fingerprint density at radius 3 is 2.73 bits per heavy atom. The van der Waals surface area contributed by atoms with Crippen molar-refractivity contribution in [1.82, 2.24) is 0 Å². The molecule has 1 aliphatic heterocycles. The smallest absolute Gasteiger partial charge is 0.303 e.